The van der Waals surface area contributed by atoms with Crippen LogP contribution in [0.4, 0.5) is 13.2 Å². The fraction of sp³-hybridized carbons (Fsp3) is 0.500. The maximum Gasteiger partial charge on any atom is 0.348 e. The van der Waals surface area contributed by atoms with E-state index in [0.717, 1.165) is 0 Å². The topological polar surface area (TPSA) is 53.1 Å². The van der Waals surface area contributed by atoms with Gasteiger partial charge in [0.15, 0.2) is 0 Å². The van der Waals surface area contributed by atoms with E-state index >= 15 is 13.2 Å². The molecule has 2 rings (SSSR count). The van der Waals surface area contributed by atoms with Crippen molar-refractivity contribution in [2.45, 2.75) is 70.9 Å². The predicted octanol–water partition coefficient (Wildman–Crippen LogP) is 7.98. The zero-order chi connectivity index (χ0) is 24.3. The van der Waals surface area contributed by atoms with Gasteiger partial charge in [0.05, 0.1) is 10.0 Å². The molecule has 9 heteroatoms. The number of carbonyl (C=O) groups excluding carboxylic acids is 1. The lowest BCUT2D eigenvalue weighted by Crippen LogP contribution is -2.46. The third-order valence-electron chi connectivity index (χ3n) is 5.21. The van der Waals surface area contributed by atoms with Crippen LogP contribution >= 0.6 is 34.8 Å². The van der Waals surface area contributed by atoms with Crippen LogP contribution in [0.15, 0.2) is 12.1 Å². The molecule has 1 heterocycles. The van der Waals surface area contributed by atoms with Crippen molar-refractivity contribution in [1.82, 2.24) is 4.98 Å². The van der Waals surface area contributed by atoms with Crippen molar-refractivity contribution in [3.63, 3.8) is 0 Å². The number of rotatable bonds is 4. The monoisotopic (exact) mass is 497 g/mol. The van der Waals surface area contributed by atoms with Crippen molar-refractivity contribution < 1.29 is 23.1 Å². The first-order valence-corrected chi connectivity index (χ1v) is 10.6. The number of phenols is 1. The molecule has 1 atom stereocenters. The van der Waals surface area contributed by atoms with E-state index in [9.17, 15) is 9.90 Å². The highest BCUT2D eigenvalue weighted by molar-refractivity contribution is 6.49. The molecular weight excluding hydrogens is 474 g/mol. The lowest BCUT2D eigenvalue weighted by atomic mass is 9.75. The SMILES string of the molecule is CC(C)(C)c1cc(C(C)(F)C(F)(F)C(=O)c2[nH]c(Cl)c(Cl)c2Cl)cc(C(C)(C)C)c1O. The van der Waals surface area contributed by atoms with Gasteiger partial charge in [-0.15, -0.1) is 0 Å². The highest BCUT2D eigenvalue weighted by atomic mass is 35.5. The van der Waals surface area contributed by atoms with Crippen LogP contribution in [0.3, 0.4) is 0 Å². The van der Waals surface area contributed by atoms with Gasteiger partial charge in [-0.25, -0.2) is 4.39 Å². The van der Waals surface area contributed by atoms with Crippen LogP contribution in [-0.4, -0.2) is 21.8 Å². The van der Waals surface area contributed by atoms with Crippen molar-refractivity contribution in [3.05, 3.63) is 49.7 Å². The third kappa shape index (κ3) is 4.44. The molecule has 2 N–H and O–H groups in total. The molecular formula is C22H25Cl3F3NO2. The van der Waals surface area contributed by atoms with Gasteiger partial charge in [-0.1, -0.05) is 76.3 Å². The maximum absolute atomic E-state index is 15.9. The molecule has 172 valence electrons. The summed E-state index contributed by atoms with van der Waals surface area (Å²) in [5, 5.41) is 9.66. The molecule has 0 saturated carbocycles. The molecule has 0 aliphatic carbocycles. The van der Waals surface area contributed by atoms with E-state index in [0.29, 0.717) is 6.92 Å². The number of H-pyrrole nitrogens is 1. The van der Waals surface area contributed by atoms with E-state index in [2.05, 4.69) is 4.98 Å². The van der Waals surface area contributed by atoms with Gasteiger partial charge in [-0.2, -0.15) is 8.78 Å². The predicted molar refractivity (Wildman–Crippen MR) is 119 cm³/mol. The second-order valence-electron chi connectivity index (χ2n) is 9.77. The number of aromatic hydroxyl groups is 1. The Bertz CT molecular complexity index is 997. The Morgan fingerprint density at radius 3 is 1.61 bits per heavy atom. The highest BCUT2D eigenvalue weighted by Crippen LogP contribution is 2.49. The Morgan fingerprint density at radius 1 is 0.871 bits per heavy atom. The van der Waals surface area contributed by atoms with Crippen LogP contribution in [0.25, 0.3) is 0 Å². The highest BCUT2D eigenvalue weighted by Gasteiger charge is 2.59. The number of nitrogens with one attached hydrogen (secondary N) is 1. The summed E-state index contributed by atoms with van der Waals surface area (Å²) in [7, 11) is 0. The van der Waals surface area contributed by atoms with Crippen molar-refractivity contribution in [1.29, 1.82) is 0 Å². The van der Waals surface area contributed by atoms with E-state index in [-0.39, 0.29) is 27.1 Å². The normalized spacial score (nSPS) is 15.1. The van der Waals surface area contributed by atoms with Gasteiger partial charge in [0.2, 0.25) is 5.67 Å². The van der Waals surface area contributed by atoms with E-state index < -0.39 is 44.5 Å². The molecule has 0 spiro atoms. The fourth-order valence-corrected chi connectivity index (χ4v) is 3.79. The molecule has 0 aliphatic heterocycles. The number of halogens is 6. The summed E-state index contributed by atoms with van der Waals surface area (Å²) in [5.74, 6) is -6.52. The van der Waals surface area contributed by atoms with Crippen molar-refractivity contribution >= 4 is 40.6 Å². The number of phenolic OH excluding ortho intramolecular Hbond substituents is 1. The number of Topliss-reactive ketones (excluding diaryl/α,β-unsaturated/α-hetero) is 1. The van der Waals surface area contributed by atoms with Gasteiger partial charge in [-0.3, -0.25) is 4.79 Å². The molecule has 3 nitrogen and oxygen atoms in total. The number of hydrogen-bond acceptors (Lipinski definition) is 2. The molecule has 1 aromatic heterocycles. The first kappa shape index (κ1) is 25.9. The molecule has 0 saturated heterocycles. The van der Waals surface area contributed by atoms with Gasteiger partial charge < -0.3 is 10.1 Å². The van der Waals surface area contributed by atoms with E-state index in [1.807, 2.05) is 0 Å². The molecule has 0 aliphatic rings. The molecule has 0 fully saturated rings. The minimum absolute atomic E-state index is 0.0971. The van der Waals surface area contributed by atoms with Gasteiger partial charge in [0, 0.05) is 0 Å². The average Bonchev–Trinajstić information content (AvgIpc) is 2.86. The van der Waals surface area contributed by atoms with Gasteiger partial charge in [-0.05, 0) is 46.6 Å². The van der Waals surface area contributed by atoms with Crippen molar-refractivity contribution in [2.75, 3.05) is 0 Å². The number of aromatic nitrogens is 1. The lowest BCUT2D eigenvalue weighted by molar-refractivity contribution is -0.0998. The smallest absolute Gasteiger partial charge is 0.348 e. The van der Waals surface area contributed by atoms with Crippen molar-refractivity contribution in [3.8, 4) is 5.75 Å². The van der Waals surface area contributed by atoms with Gasteiger partial charge in [0.1, 0.15) is 16.6 Å². The Kier molecular flexibility index (Phi) is 6.59. The molecule has 1 aromatic carbocycles. The van der Waals surface area contributed by atoms with Crippen LogP contribution in [0.2, 0.25) is 15.2 Å². The summed E-state index contributed by atoms with van der Waals surface area (Å²) in [5.41, 5.74) is -5.46. The first-order valence-electron chi connectivity index (χ1n) is 9.47. The largest absolute Gasteiger partial charge is 0.507 e. The van der Waals surface area contributed by atoms with E-state index in [1.54, 1.807) is 41.5 Å². The molecule has 31 heavy (non-hydrogen) atoms. The Labute approximate surface area is 194 Å². The summed E-state index contributed by atoms with van der Waals surface area (Å²) in [6.07, 6.45) is 0. The third-order valence-corrected chi connectivity index (χ3v) is 6.44. The minimum Gasteiger partial charge on any atom is -0.507 e. The Morgan fingerprint density at radius 2 is 1.29 bits per heavy atom. The van der Waals surface area contributed by atoms with Crippen LogP contribution in [-0.2, 0) is 16.5 Å². The molecule has 1 unspecified atom stereocenters. The fourth-order valence-electron chi connectivity index (χ4n) is 3.18. The van der Waals surface area contributed by atoms with Crippen LogP contribution in [0.5, 0.6) is 5.75 Å². The number of alkyl halides is 3. The zero-order valence-electron chi connectivity index (χ0n) is 18.3. The molecule has 2 aromatic rings. The molecule has 0 radical (unpaired) electrons. The Balaban J connectivity index is 2.75. The summed E-state index contributed by atoms with van der Waals surface area (Å²) in [6.45, 7) is 11.2. The average molecular weight is 499 g/mol. The molecule has 0 amide bonds. The van der Waals surface area contributed by atoms with E-state index in [1.165, 1.54) is 12.1 Å². The van der Waals surface area contributed by atoms with Gasteiger partial charge >= 0.3 is 5.92 Å². The number of aromatic amines is 1. The standard InChI is InChI=1S/C22H25Cl3F3NO2/c1-19(2,3)11-8-10(9-12(16(11)30)20(4,5)6)21(7,26)22(27,28)17(31)15-13(23)14(24)18(25)29-15/h8-9,29-30H,1-7H3. The summed E-state index contributed by atoms with van der Waals surface area (Å²) in [4.78, 5) is 14.8. The van der Waals surface area contributed by atoms with Crippen molar-refractivity contribution in [2.24, 2.45) is 0 Å². The quantitative estimate of drug-likeness (QED) is 0.420. The first-order chi connectivity index (χ1) is 13.7. The molecule has 0 bridgehead atoms. The second kappa shape index (κ2) is 7.89. The summed E-state index contributed by atoms with van der Waals surface area (Å²) < 4.78 is 46.5. The number of hydrogen-bond donors (Lipinski definition) is 2. The van der Waals surface area contributed by atoms with E-state index in [4.69, 9.17) is 34.8 Å². The Hall–Kier alpha value is -1.37. The van der Waals surface area contributed by atoms with Crippen LogP contribution in [0, 0.1) is 0 Å². The second-order valence-corrected chi connectivity index (χ2v) is 10.9. The number of carbonyl (C=O) groups is 1. The van der Waals surface area contributed by atoms with Crippen LogP contribution < -0.4 is 0 Å². The van der Waals surface area contributed by atoms with Gasteiger partial charge in [0.25, 0.3) is 5.78 Å². The van der Waals surface area contributed by atoms with Crippen LogP contribution in [0.1, 0.15) is 75.6 Å². The lowest BCUT2D eigenvalue weighted by Gasteiger charge is -2.33. The zero-order valence-corrected chi connectivity index (χ0v) is 20.5. The number of ketones is 1. The minimum atomic E-state index is -4.53. The summed E-state index contributed by atoms with van der Waals surface area (Å²) in [6, 6.07) is 2.34. The maximum atomic E-state index is 15.9. The number of benzene rings is 1. The summed E-state index contributed by atoms with van der Waals surface area (Å²) >= 11 is 17.3.